The summed E-state index contributed by atoms with van der Waals surface area (Å²) in [4.78, 5) is 6.68. The molecular weight excluding hydrogens is 518 g/mol. The Morgan fingerprint density at radius 1 is 1.23 bits per heavy atom. The number of nitrogens with one attached hydrogen (secondary N) is 1. The molecule has 2 heterocycles. The minimum absolute atomic E-state index is 0.0223. The van der Waals surface area contributed by atoms with Gasteiger partial charge in [-0.3, -0.25) is 0 Å². The summed E-state index contributed by atoms with van der Waals surface area (Å²) < 4.78 is 39.9. The topological polar surface area (TPSA) is 142 Å². The molecule has 2 aliphatic rings. The number of nitriles is 1. The van der Waals surface area contributed by atoms with Gasteiger partial charge in [-0.15, -0.1) is 0 Å². The maximum absolute atomic E-state index is 12.9. The lowest BCUT2D eigenvalue weighted by molar-refractivity contribution is 0.0855. The van der Waals surface area contributed by atoms with Crippen LogP contribution in [0.15, 0.2) is 40.9 Å². The van der Waals surface area contributed by atoms with Crippen molar-refractivity contribution in [3.05, 3.63) is 53.1 Å². The average Bonchev–Trinajstić information content (AvgIpc) is 3.56. The third kappa shape index (κ3) is 6.31. The van der Waals surface area contributed by atoms with E-state index in [1.807, 2.05) is 32.0 Å². The van der Waals surface area contributed by atoms with Gasteiger partial charge in [0.05, 0.1) is 23.5 Å². The highest BCUT2D eigenvalue weighted by Crippen LogP contribution is 2.38. The molecule has 11 heteroatoms. The molecule has 1 saturated heterocycles. The molecule has 1 unspecified atom stereocenters. The lowest BCUT2D eigenvalue weighted by Crippen LogP contribution is -2.40. The Kier molecular flexibility index (Phi) is 8.00. The quantitative estimate of drug-likeness (QED) is 0.409. The summed E-state index contributed by atoms with van der Waals surface area (Å²) in [5.74, 6) is 1.23. The van der Waals surface area contributed by atoms with Gasteiger partial charge in [0, 0.05) is 36.8 Å². The van der Waals surface area contributed by atoms with Gasteiger partial charge in [0.1, 0.15) is 11.8 Å². The van der Waals surface area contributed by atoms with Crippen molar-refractivity contribution in [1.29, 1.82) is 5.26 Å². The highest BCUT2D eigenvalue weighted by molar-refractivity contribution is 7.89. The van der Waals surface area contributed by atoms with Gasteiger partial charge in [-0.25, -0.2) is 13.1 Å². The SMILES string of the molecule is CC(C)Oc1ccc(-c2nc(-c3cccc4c3CCC4NS(=O)(=O)CCN3CCC(O)CC3)no2)cc1C#N. The first-order valence-corrected chi connectivity index (χ1v) is 14.9. The minimum atomic E-state index is -3.49. The first-order valence-electron chi connectivity index (χ1n) is 13.3. The Bertz CT molecular complexity index is 1470. The lowest BCUT2D eigenvalue weighted by Gasteiger charge is -2.29. The average molecular weight is 552 g/mol. The predicted octanol–water partition coefficient (Wildman–Crippen LogP) is 3.43. The van der Waals surface area contributed by atoms with Crippen molar-refractivity contribution in [3.8, 4) is 34.7 Å². The van der Waals surface area contributed by atoms with Crippen LogP contribution >= 0.6 is 0 Å². The zero-order valence-electron chi connectivity index (χ0n) is 22.1. The molecule has 0 amide bonds. The molecule has 39 heavy (non-hydrogen) atoms. The van der Waals surface area contributed by atoms with Gasteiger partial charge in [-0.05, 0) is 68.9 Å². The van der Waals surface area contributed by atoms with E-state index in [1.54, 1.807) is 18.2 Å². The predicted molar refractivity (Wildman–Crippen MR) is 145 cm³/mol. The van der Waals surface area contributed by atoms with E-state index in [4.69, 9.17) is 9.26 Å². The van der Waals surface area contributed by atoms with Gasteiger partial charge >= 0.3 is 0 Å². The second kappa shape index (κ2) is 11.4. The van der Waals surface area contributed by atoms with Crippen molar-refractivity contribution in [1.82, 2.24) is 19.8 Å². The fourth-order valence-electron chi connectivity index (χ4n) is 5.21. The molecule has 0 saturated carbocycles. The van der Waals surface area contributed by atoms with Crippen molar-refractivity contribution in [3.63, 3.8) is 0 Å². The molecule has 206 valence electrons. The summed E-state index contributed by atoms with van der Waals surface area (Å²) in [6.45, 7) is 5.68. The summed E-state index contributed by atoms with van der Waals surface area (Å²) in [5.41, 5.74) is 3.72. The third-order valence-electron chi connectivity index (χ3n) is 7.20. The molecule has 5 rings (SSSR count). The van der Waals surface area contributed by atoms with E-state index in [0.29, 0.717) is 68.0 Å². The van der Waals surface area contributed by atoms with Crippen LogP contribution in [0.2, 0.25) is 0 Å². The first kappa shape index (κ1) is 27.3. The summed E-state index contributed by atoms with van der Waals surface area (Å²) in [6.07, 6.45) is 2.36. The number of nitrogens with zero attached hydrogens (tertiary/aromatic N) is 4. The van der Waals surface area contributed by atoms with E-state index < -0.39 is 10.0 Å². The Hall–Kier alpha value is -3.30. The molecule has 1 atom stereocenters. The maximum Gasteiger partial charge on any atom is 0.258 e. The summed E-state index contributed by atoms with van der Waals surface area (Å²) in [7, 11) is -3.49. The highest BCUT2D eigenvalue weighted by atomic mass is 32.2. The zero-order chi connectivity index (χ0) is 27.6. The Labute approximate surface area is 228 Å². The van der Waals surface area contributed by atoms with Crippen molar-refractivity contribution in [2.45, 2.75) is 57.8 Å². The highest BCUT2D eigenvalue weighted by Gasteiger charge is 2.30. The van der Waals surface area contributed by atoms with Gasteiger partial charge in [-0.2, -0.15) is 10.2 Å². The van der Waals surface area contributed by atoms with E-state index in [0.717, 1.165) is 16.7 Å². The first-order chi connectivity index (χ1) is 18.7. The molecule has 1 aliphatic heterocycles. The van der Waals surface area contributed by atoms with Gasteiger partial charge in [0.15, 0.2) is 0 Å². The van der Waals surface area contributed by atoms with Crippen LogP contribution in [0.5, 0.6) is 5.75 Å². The number of aliphatic hydroxyl groups is 1. The second-order valence-corrected chi connectivity index (χ2v) is 12.3. The monoisotopic (exact) mass is 551 g/mol. The number of hydrogen-bond acceptors (Lipinski definition) is 9. The number of benzene rings is 2. The van der Waals surface area contributed by atoms with Crippen LogP contribution in [0.25, 0.3) is 22.8 Å². The van der Waals surface area contributed by atoms with Crippen molar-refractivity contribution < 1.29 is 22.8 Å². The number of rotatable bonds is 9. The van der Waals surface area contributed by atoms with Crippen LogP contribution in [0.4, 0.5) is 0 Å². The number of sulfonamides is 1. The van der Waals surface area contributed by atoms with Gasteiger partial charge in [-0.1, -0.05) is 23.4 Å². The molecule has 0 bridgehead atoms. The molecule has 0 spiro atoms. The third-order valence-corrected chi connectivity index (χ3v) is 8.57. The number of likely N-dealkylation sites (tertiary alicyclic amines) is 1. The van der Waals surface area contributed by atoms with Gasteiger partial charge in [0.25, 0.3) is 5.89 Å². The minimum Gasteiger partial charge on any atom is -0.490 e. The normalized spacial score (nSPS) is 18.3. The van der Waals surface area contributed by atoms with E-state index >= 15 is 0 Å². The van der Waals surface area contributed by atoms with Crippen LogP contribution < -0.4 is 9.46 Å². The molecular formula is C28H33N5O5S. The van der Waals surface area contributed by atoms with Gasteiger partial charge in [0.2, 0.25) is 15.8 Å². The molecule has 3 aromatic rings. The standard InChI is InChI=1S/C28H33N5O5S/c1-18(2)37-26-9-6-19(16-20(26)17-29)28-30-27(31-38-28)24-5-3-4-23-22(24)7-8-25(23)32-39(35,36)15-14-33-12-10-21(34)11-13-33/h3-6,9,16,18,21,25,32,34H,7-8,10-15H2,1-2H3. The van der Waals surface area contributed by atoms with E-state index in [1.165, 1.54) is 0 Å². The number of fused-ring (bicyclic) bond motifs is 1. The molecule has 1 aromatic heterocycles. The number of piperidine rings is 1. The molecule has 1 fully saturated rings. The molecule has 2 aromatic carbocycles. The smallest absolute Gasteiger partial charge is 0.258 e. The second-order valence-electron chi connectivity index (χ2n) is 10.4. The molecule has 1 aliphatic carbocycles. The molecule has 2 N–H and O–H groups in total. The van der Waals surface area contributed by atoms with Crippen molar-refractivity contribution in [2.24, 2.45) is 0 Å². The zero-order valence-corrected chi connectivity index (χ0v) is 22.9. The lowest BCUT2D eigenvalue weighted by atomic mass is 10.0. The number of aliphatic hydroxyl groups excluding tert-OH is 1. The number of ether oxygens (including phenoxy) is 1. The van der Waals surface area contributed by atoms with Crippen LogP contribution in [-0.2, 0) is 16.4 Å². The largest absolute Gasteiger partial charge is 0.490 e. The fraction of sp³-hybridized carbons (Fsp3) is 0.464. The summed E-state index contributed by atoms with van der Waals surface area (Å²) in [5, 5.41) is 23.4. The molecule has 0 radical (unpaired) electrons. The van der Waals surface area contributed by atoms with Crippen LogP contribution in [0.3, 0.4) is 0 Å². The van der Waals surface area contributed by atoms with Crippen molar-refractivity contribution >= 4 is 10.0 Å². The Morgan fingerprint density at radius 3 is 2.77 bits per heavy atom. The van der Waals surface area contributed by atoms with Crippen LogP contribution in [0, 0.1) is 11.3 Å². The summed E-state index contributed by atoms with van der Waals surface area (Å²) in [6, 6.07) is 12.7. The van der Waals surface area contributed by atoms with E-state index in [9.17, 15) is 18.8 Å². The number of hydrogen-bond donors (Lipinski definition) is 2. The number of aromatic nitrogens is 2. The van der Waals surface area contributed by atoms with Crippen molar-refractivity contribution in [2.75, 3.05) is 25.4 Å². The maximum atomic E-state index is 12.9. The van der Waals surface area contributed by atoms with Gasteiger partial charge < -0.3 is 19.3 Å². The van der Waals surface area contributed by atoms with Crippen LogP contribution in [0.1, 0.15) is 55.8 Å². The fourth-order valence-corrected chi connectivity index (χ4v) is 6.51. The van der Waals surface area contributed by atoms with Crippen LogP contribution in [-0.4, -0.2) is 66.2 Å². The van der Waals surface area contributed by atoms with E-state index in [-0.39, 0.29) is 29.9 Å². The Morgan fingerprint density at radius 2 is 2.03 bits per heavy atom. The summed E-state index contributed by atoms with van der Waals surface area (Å²) >= 11 is 0. The van der Waals surface area contributed by atoms with E-state index in [2.05, 4.69) is 25.8 Å². The molecule has 10 nitrogen and oxygen atoms in total. The Balaban J connectivity index is 1.30.